The van der Waals surface area contributed by atoms with Crippen molar-refractivity contribution in [1.29, 1.82) is 0 Å². The zero-order chi connectivity index (χ0) is 13.6. The van der Waals surface area contributed by atoms with Gasteiger partial charge in [0.1, 0.15) is 0 Å². The number of carboxylic acids is 1. The largest absolute Gasteiger partial charge is 0.481 e. The third-order valence-electron chi connectivity index (χ3n) is 3.04. The third kappa shape index (κ3) is 5.32. The van der Waals surface area contributed by atoms with E-state index < -0.39 is 16.0 Å². The molecule has 6 nitrogen and oxygen atoms in total. The summed E-state index contributed by atoms with van der Waals surface area (Å²) in [6.07, 6.45) is 2.00. The van der Waals surface area contributed by atoms with E-state index in [4.69, 9.17) is 9.84 Å². The van der Waals surface area contributed by atoms with Gasteiger partial charge in [-0.3, -0.25) is 4.79 Å². The maximum atomic E-state index is 11.9. The van der Waals surface area contributed by atoms with E-state index in [9.17, 15) is 13.2 Å². The summed E-state index contributed by atoms with van der Waals surface area (Å²) in [4.78, 5) is 10.3. The Kier molecular flexibility index (Phi) is 6.04. The fourth-order valence-corrected chi connectivity index (χ4v) is 3.25. The second-order valence-corrected chi connectivity index (χ2v) is 6.87. The highest BCUT2D eigenvalue weighted by Crippen LogP contribution is 2.16. The van der Waals surface area contributed by atoms with Gasteiger partial charge in [0.25, 0.3) is 0 Å². The van der Waals surface area contributed by atoms with Crippen LogP contribution in [0.5, 0.6) is 0 Å². The number of hydrogen-bond acceptors (Lipinski definition) is 4. The van der Waals surface area contributed by atoms with Crippen molar-refractivity contribution in [1.82, 2.24) is 4.31 Å². The molecule has 1 aliphatic rings. The van der Waals surface area contributed by atoms with Crippen molar-refractivity contribution >= 4 is 16.0 Å². The monoisotopic (exact) mass is 279 g/mol. The first-order valence-corrected chi connectivity index (χ1v) is 7.76. The van der Waals surface area contributed by atoms with Crippen LogP contribution in [0.4, 0.5) is 0 Å². The van der Waals surface area contributed by atoms with E-state index in [1.54, 1.807) is 7.05 Å². The second-order valence-electron chi connectivity index (χ2n) is 4.68. The lowest BCUT2D eigenvalue weighted by Crippen LogP contribution is -2.36. The Bertz CT molecular complexity index is 362. The average Bonchev–Trinajstić information content (AvgIpc) is 2.29. The predicted octanol–water partition coefficient (Wildman–Crippen LogP) is 0.539. The number of carbonyl (C=O) groups is 1. The standard InChI is InChI=1S/C11H21NO5S/c1-12(8-10-4-2-6-17-9-10)18(15,16)7-3-5-11(13)14/h10H,2-9H2,1H3,(H,13,14). The maximum Gasteiger partial charge on any atom is 0.303 e. The van der Waals surface area contributed by atoms with Gasteiger partial charge in [-0.2, -0.15) is 0 Å². The van der Waals surface area contributed by atoms with Crippen molar-refractivity contribution in [2.45, 2.75) is 25.7 Å². The number of sulfonamides is 1. The molecule has 1 rings (SSSR count). The summed E-state index contributed by atoms with van der Waals surface area (Å²) >= 11 is 0. The summed E-state index contributed by atoms with van der Waals surface area (Å²) in [5.41, 5.74) is 0. The molecule has 1 N–H and O–H groups in total. The molecular weight excluding hydrogens is 258 g/mol. The summed E-state index contributed by atoms with van der Waals surface area (Å²) in [7, 11) is -1.79. The minimum atomic E-state index is -3.34. The van der Waals surface area contributed by atoms with E-state index in [2.05, 4.69) is 0 Å². The highest BCUT2D eigenvalue weighted by molar-refractivity contribution is 7.89. The molecule has 1 fully saturated rings. The summed E-state index contributed by atoms with van der Waals surface area (Å²) in [6, 6.07) is 0. The van der Waals surface area contributed by atoms with Gasteiger partial charge in [-0.25, -0.2) is 12.7 Å². The first-order valence-electron chi connectivity index (χ1n) is 6.15. The van der Waals surface area contributed by atoms with E-state index in [-0.39, 0.29) is 24.5 Å². The van der Waals surface area contributed by atoms with E-state index in [1.165, 1.54) is 4.31 Å². The Balaban J connectivity index is 2.37. The third-order valence-corrected chi connectivity index (χ3v) is 4.94. The fourth-order valence-electron chi connectivity index (χ4n) is 1.99. The molecule has 1 atom stereocenters. The van der Waals surface area contributed by atoms with Crippen molar-refractivity contribution < 1.29 is 23.1 Å². The van der Waals surface area contributed by atoms with Crippen molar-refractivity contribution in [3.63, 3.8) is 0 Å². The molecule has 0 bridgehead atoms. The lowest BCUT2D eigenvalue weighted by Gasteiger charge is -2.26. The van der Waals surface area contributed by atoms with E-state index in [0.29, 0.717) is 13.2 Å². The smallest absolute Gasteiger partial charge is 0.303 e. The van der Waals surface area contributed by atoms with Crippen molar-refractivity contribution in [3.05, 3.63) is 0 Å². The minimum Gasteiger partial charge on any atom is -0.481 e. The number of aliphatic carboxylic acids is 1. The second kappa shape index (κ2) is 7.06. The molecule has 0 spiro atoms. The van der Waals surface area contributed by atoms with Gasteiger partial charge in [0.05, 0.1) is 12.4 Å². The average molecular weight is 279 g/mol. The van der Waals surface area contributed by atoms with Crippen LogP contribution >= 0.6 is 0 Å². The highest BCUT2D eigenvalue weighted by atomic mass is 32.2. The molecule has 0 radical (unpaired) electrons. The number of ether oxygens (including phenoxy) is 1. The van der Waals surface area contributed by atoms with E-state index in [0.717, 1.165) is 19.4 Å². The Hall–Kier alpha value is -0.660. The predicted molar refractivity (Wildman–Crippen MR) is 66.8 cm³/mol. The summed E-state index contributed by atoms with van der Waals surface area (Å²) < 4.78 is 30.4. The summed E-state index contributed by atoms with van der Waals surface area (Å²) in [5, 5.41) is 8.49. The molecule has 106 valence electrons. The van der Waals surface area contributed by atoms with Gasteiger partial charge < -0.3 is 9.84 Å². The molecule has 0 amide bonds. The molecule has 0 aromatic heterocycles. The number of carboxylic acid groups (broad SMARTS) is 1. The molecule has 0 aromatic rings. The van der Waals surface area contributed by atoms with Crippen LogP contribution in [0.2, 0.25) is 0 Å². The van der Waals surface area contributed by atoms with Crippen LogP contribution in [0.25, 0.3) is 0 Å². The van der Waals surface area contributed by atoms with Crippen LogP contribution in [0.3, 0.4) is 0 Å². The van der Waals surface area contributed by atoms with Gasteiger partial charge in [-0.15, -0.1) is 0 Å². The van der Waals surface area contributed by atoms with Gasteiger partial charge in [0, 0.05) is 26.6 Å². The Morgan fingerprint density at radius 2 is 2.22 bits per heavy atom. The van der Waals surface area contributed by atoms with E-state index >= 15 is 0 Å². The first-order chi connectivity index (χ1) is 8.42. The Morgan fingerprint density at radius 3 is 2.78 bits per heavy atom. The van der Waals surface area contributed by atoms with E-state index in [1.807, 2.05) is 0 Å². The van der Waals surface area contributed by atoms with Gasteiger partial charge in [-0.05, 0) is 25.2 Å². The van der Waals surface area contributed by atoms with Crippen LogP contribution in [0.15, 0.2) is 0 Å². The molecule has 1 saturated heterocycles. The molecule has 1 aliphatic heterocycles. The first kappa shape index (κ1) is 15.4. The minimum absolute atomic E-state index is 0.108. The van der Waals surface area contributed by atoms with Crippen LogP contribution in [-0.4, -0.2) is 56.4 Å². The maximum absolute atomic E-state index is 11.9. The molecule has 7 heteroatoms. The van der Waals surface area contributed by atoms with Gasteiger partial charge >= 0.3 is 5.97 Å². The normalized spacial score (nSPS) is 21.1. The zero-order valence-corrected chi connectivity index (χ0v) is 11.5. The number of nitrogens with zero attached hydrogens (tertiary/aromatic N) is 1. The molecular formula is C11H21NO5S. The van der Waals surface area contributed by atoms with Crippen molar-refractivity contribution in [3.8, 4) is 0 Å². The SMILES string of the molecule is CN(CC1CCCOC1)S(=O)(=O)CCCC(=O)O. The van der Waals surface area contributed by atoms with Crippen molar-refractivity contribution in [2.75, 3.05) is 32.6 Å². The Morgan fingerprint density at radius 1 is 1.50 bits per heavy atom. The fraction of sp³-hybridized carbons (Fsp3) is 0.909. The van der Waals surface area contributed by atoms with Gasteiger partial charge in [-0.1, -0.05) is 0 Å². The number of hydrogen-bond donors (Lipinski definition) is 1. The molecule has 1 unspecified atom stereocenters. The zero-order valence-electron chi connectivity index (χ0n) is 10.7. The van der Waals surface area contributed by atoms with Crippen molar-refractivity contribution in [2.24, 2.45) is 5.92 Å². The Labute approximate surface area is 108 Å². The number of rotatable bonds is 7. The van der Waals surface area contributed by atoms with Crippen LogP contribution in [0, 0.1) is 5.92 Å². The lowest BCUT2D eigenvalue weighted by atomic mass is 10.0. The summed E-state index contributed by atoms with van der Waals surface area (Å²) in [5.74, 6) is -0.824. The lowest BCUT2D eigenvalue weighted by molar-refractivity contribution is -0.137. The molecule has 18 heavy (non-hydrogen) atoms. The topological polar surface area (TPSA) is 83.9 Å². The van der Waals surface area contributed by atoms with Crippen LogP contribution < -0.4 is 0 Å². The molecule has 0 saturated carbocycles. The quantitative estimate of drug-likeness (QED) is 0.735. The highest BCUT2D eigenvalue weighted by Gasteiger charge is 2.23. The van der Waals surface area contributed by atoms with Gasteiger partial charge in [0.2, 0.25) is 10.0 Å². The molecule has 0 aliphatic carbocycles. The van der Waals surface area contributed by atoms with Crippen LogP contribution in [-0.2, 0) is 19.6 Å². The molecule has 0 aromatic carbocycles. The summed E-state index contributed by atoms with van der Waals surface area (Å²) in [6.45, 7) is 1.82. The molecule has 1 heterocycles. The van der Waals surface area contributed by atoms with Crippen LogP contribution in [0.1, 0.15) is 25.7 Å². The van der Waals surface area contributed by atoms with Gasteiger partial charge in [0.15, 0.2) is 0 Å².